The van der Waals surface area contributed by atoms with Gasteiger partial charge in [0.15, 0.2) is 17.8 Å². The summed E-state index contributed by atoms with van der Waals surface area (Å²) in [6.07, 6.45) is 0. The van der Waals surface area contributed by atoms with Crippen LogP contribution in [0.1, 0.15) is 32.6 Å². The number of esters is 1. The summed E-state index contributed by atoms with van der Waals surface area (Å²) >= 11 is 31.0. The number of ether oxygens (including phenoxy) is 2. The van der Waals surface area contributed by atoms with Crippen LogP contribution in [-0.4, -0.2) is 75.4 Å². The summed E-state index contributed by atoms with van der Waals surface area (Å²) in [5.41, 5.74) is 0.0459. The van der Waals surface area contributed by atoms with Crippen molar-refractivity contribution in [2.24, 2.45) is 0 Å². The third-order valence-corrected chi connectivity index (χ3v) is 8.16. The Balaban J connectivity index is 0.000000340. The van der Waals surface area contributed by atoms with Crippen molar-refractivity contribution in [3.8, 4) is 11.7 Å². The van der Waals surface area contributed by atoms with Crippen molar-refractivity contribution >= 4 is 115 Å². The second kappa shape index (κ2) is 17.6. The minimum absolute atomic E-state index is 0. The Bertz CT molecular complexity index is 1970. The zero-order valence-corrected chi connectivity index (χ0v) is 33.3. The summed E-state index contributed by atoms with van der Waals surface area (Å²) in [7, 11) is -2.08. The van der Waals surface area contributed by atoms with E-state index in [2.05, 4.69) is 39.8 Å². The first-order valence-electron chi connectivity index (χ1n) is 12.0. The van der Waals surface area contributed by atoms with Crippen molar-refractivity contribution in [1.82, 2.24) is 29.7 Å². The average molecular weight is 905 g/mol. The number of carbonyl (C=O) groups excluding carboxylic acids is 2. The van der Waals surface area contributed by atoms with Crippen LogP contribution in [-0.2, 0) is 18.6 Å². The fraction of sp³-hybridized carbons (Fsp3) is 0.167. The van der Waals surface area contributed by atoms with Gasteiger partial charge in [0.1, 0.15) is 5.82 Å². The van der Waals surface area contributed by atoms with Gasteiger partial charge in [-0.25, -0.2) is 32.7 Å². The molecule has 0 bridgehead atoms. The summed E-state index contributed by atoms with van der Waals surface area (Å²) in [5.74, 6) is -2.94. The molecule has 0 atom stereocenters. The van der Waals surface area contributed by atoms with E-state index in [0.29, 0.717) is 8.59 Å². The summed E-state index contributed by atoms with van der Waals surface area (Å²) in [6.45, 7) is 1.53. The number of nitrogens with zero attached hydrogens (tertiary/aromatic N) is 7. The van der Waals surface area contributed by atoms with Gasteiger partial charge in [0.05, 0.1) is 35.4 Å². The molecule has 2 amide bonds. The van der Waals surface area contributed by atoms with Gasteiger partial charge >= 0.3 is 47.5 Å². The molecule has 0 saturated carbocycles. The molecule has 0 aliphatic carbocycles. The van der Waals surface area contributed by atoms with Crippen LogP contribution < -0.4 is 39.6 Å². The van der Waals surface area contributed by atoms with Crippen molar-refractivity contribution in [1.29, 1.82) is 0 Å². The number of nitrogens with one attached hydrogen (secondary N) is 1. The number of aromatic nitrogens is 6. The molecule has 0 aliphatic rings. The van der Waals surface area contributed by atoms with Crippen LogP contribution in [0.15, 0.2) is 41.3 Å². The molecule has 2 heterocycles. The molecule has 48 heavy (non-hydrogen) atoms. The van der Waals surface area contributed by atoms with Crippen molar-refractivity contribution in [2.45, 2.75) is 15.6 Å². The summed E-state index contributed by atoms with van der Waals surface area (Å²) in [4.78, 5) is 49.4. The molecular weight excluding hydrogens is 888 g/mol. The van der Waals surface area contributed by atoms with Gasteiger partial charge in [0, 0.05) is 8.59 Å². The number of rotatable bonds is 7. The Morgan fingerprint density at radius 1 is 1.02 bits per heavy atom. The quantitative estimate of drug-likeness (QED) is 0.118. The van der Waals surface area contributed by atoms with Crippen molar-refractivity contribution < 1.29 is 66.9 Å². The number of aromatic carboxylic acids is 1. The number of anilines is 1. The predicted octanol–water partition coefficient (Wildman–Crippen LogP) is 2.98. The maximum absolute atomic E-state index is 12.5. The van der Waals surface area contributed by atoms with Crippen molar-refractivity contribution in [2.75, 3.05) is 19.5 Å². The Kier molecular flexibility index (Phi) is 15.4. The molecule has 0 fully saturated rings. The first-order chi connectivity index (χ1) is 21.9. The van der Waals surface area contributed by atoms with E-state index in [0.717, 1.165) is 11.8 Å². The topological polar surface area (TPSA) is 220 Å². The predicted molar refractivity (Wildman–Crippen MR) is 179 cm³/mol. The molecule has 2 aromatic carbocycles. The van der Waals surface area contributed by atoms with E-state index in [4.69, 9.17) is 67.8 Å². The number of carbonyl (C=O) groups is 3. The molecule has 4 aromatic rings. The van der Waals surface area contributed by atoms with Crippen LogP contribution in [0.5, 0.6) is 6.01 Å². The number of hydrogen-bond acceptors (Lipinski definition) is 12. The molecule has 2 aromatic heterocycles. The second-order valence-corrected chi connectivity index (χ2v) is 14.3. The summed E-state index contributed by atoms with van der Waals surface area (Å²) in [5, 5.41) is 15.4. The van der Waals surface area contributed by atoms with Crippen molar-refractivity contribution in [3.63, 3.8) is 0 Å². The van der Waals surface area contributed by atoms with Gasteiger partial charge in [0.25, 0.3) is 5.82 Å². The Labute approximate surface area is 332 Å². The largest absolute Gasteiger partial charge is 1.00 e. The second-order valence-electron chi connectivity index (χ2n) is 8.39. The number of methoxy groups -OCH3 is 2. The normalized spacial score (nSPS) is 10.9. The van der Waals surface area contributed by atoms with Gasteiger partial charge in [-0.3, -0.25) is 4.79 Å². The molecule has 4 rings (SSSR count). The van der Waals surface area contributed by atoms with Gasteiger partial charge in [-0.1, -0.05) is 58.0 Å². The van der Waals surface area contributed by atoms with Gasteiger partial charge in [-0.05, 0) is 65.9 Å². The molecule has 24 heteroatoms. The Morgan fingerprint density at radius 2 is 1.69 bits per heavy atom. The van der Waals surface area contributed by atoms with E-state index >= 15 is 0 Å². The van der Waals surface area contributed by atoms with Gasteiger partial charge in [-0.2, -0.15) is 9.97 Å². The number of carboxylic acid groups (broad SMARTS) is 1. The maximum Gasteiger partial charge on any atom is 1.00 e. The Hall–Kier alpha value is -2.27. The average Bonchev–Trinajstić information content (AvgIpc) is 3.43. The van der Waals surface area contributed by atoms with Crippen LogP contribution in [0.3, 0.4) is 0 Å². The standard InChI is InChI=1S/C14H14IN5O6S.C10H4Cl5N3O2.Na/c1-7-16-12(19-14(17-7)26-3)18-13(22)20-27(23,24)10-6-8(15)4-5-9(10)11(21)25-2;11-4-1-2-6(5(12)3-4)18-9(10(13,14)15)16-7(17-18)8(19)20;/h4-6H,1-3H3,(H2,16,17,18,19,20,22);1-3H,(H,19,20);/q;;+1/p-1. The number of sulfonamides is 1. The maximum atomic E-state index is 12.5. The minimum atomic E-state index is -4.51. The molecule has 250 valence electrons. The zero-order valence-electron chi connectivity index (χ0n) is 24.6. The number of urea groups is 1. The van der Waals surface area contributed by atoms with E-state index in [9.17, 15) is 22.8 Å². The van der Waals surface area contributed by atoms with Gasteiger partial charge < -0.3 is 24.6 Å². The number of amides is 2. The molecule has 0 spiro atoms. The van der Waals surface area contributed by atoms with Gasteiger partial charge in [-0.15, -0.1) is 5.10 Å². The first-order valence-corrected chi connectivity index (χ1v) is 16.4. The van der Waals surface area contributed by atoms with Crippen LogP contribution in [0.2, 0.25) is 10.0 Å². The molecule has 16 nitrogen and oxygen atoms in total. The number of aryl methyl sites for hydroxylation is 1. The van der Waals surface area contributed by atoms with Crippen LogP contribution in [0.4, 0.5) is 10.7 Å². The van der Waals surface area contributed by atoms with E-state index in [1.165, 1.54) is 50.4 Å². The summed E-state index contributed by atoms with van der Waals surface area (Å²) in [6, 6.07) is 7.17. The minimum Gasteiger partial charge on any atom is -0.475 e. The SMILES string of the molecule is COC(=O)c1ccc(I)cc1S(=O)(=O)[N-]C(=O)Nc1nc(C)nc(OC)n1.O=C(O)c1nc(C(Cl)(Cl)Cl)n(-c2ccc(Cl)cc2Cl)n1.[Na+]. The summed E-state index contributed by atoms with van der Waals surface area (Å²) < 4.78 is 37.2. The van der Waals surface area contributed by atoms with Crippen molar-refractivity contribution in [3.05, 3.63) is 77.8 Å². The number of carboxylic acids is 1. The molecule has 0 aliphatic heterocycles. The monoisotopic (exact) mass is 902 g/mol. The number of benzene rings is 2. The third kappa shape index (κ3) is 11.1. The van der Waals surface area contributed by atoms with Gasteiger partial charge in [0.2, 0.25) is 13.8 Å². The molecule has 0 radical (unpaired) electrons. The zero-order chi connectivity index (χ0) is 35.3. The number of hydrogen-bond donors (Lipinski definition) is 2. The third-order valence-electron chi connectivity index (χ3n) is 5.15. The van der Waals surface area contributed by atoms with E-state index in [1.54, 1.807) is 0 Å². The first kappa shape index (κ1) is 41.9. The van der Waals surface area contributed by atoms with E-state index in [1.807, 2.05) is 22.6 Å². The van der Waals surface area contributed by atoms with Crippen LogP contribution >= 0.6 is 80.6 Å². The fourth-order valence-corrected chi connectivity index (χ4v) is 5.90. The molecule has 2 N–H and O–H groups in total. The van der Waals surface area contributed by atoms with Crippen LogP contribution in [0, 0.1) is 10.5 Å². The van der Waals surface area contributed by atoms with E-state index in [-0.39, 0.29) is 69.4 Å². The molecule has 0 saturated heterocycles. The number of alkyl halides is 3. The Morgan fingerprint density at radius 3 is 2.25 bits per heavy atom. The van der Waals surface area contributed by atoms with Crippen LogP contribution in [0.25, 0.3) is 10.4 Å². The fourth-order valence-electron chi connectivity index (χ4n) is 3.28. The molecule has 0 unspecified atom stereocenters. The number of halogens is 6. The van der Waals surface area contributed by atoms with E-state index < -0.39 is 42.5 Å². The molecular formula is C24H17Cl5IN8NaO8S. The smallest absolute Gasteiger partial charge is 0.475 e.